The highest BCUT2D eigenvalue weighted by atomic mass is 79.9. The molecule has 0 aliphatic carbocycles. The van der Waals surface area contributed by atoms with Crippen molar-refractivity contribution >= 4 is 43.2 Å². The molecule has 88 valence electrons. The molecule has 1 unspecified atom stereocenters. The van der Waals surface area contributed by atoms with E-state index in [1.165, 1.54) is 4.88 Å². The van der Waals surface area contributed by atoms with Crippen molar-refractivity contribution in [2.75, 3.05) is 6.54 Å². The Bertz CT molecular complexity index is 370. The van der Waals surface area contributed by atoms with Crippen LogP contribution >= 0.6 is 43.2 Å². The van der Waals surface area contributed by atoms with Gasteiger partial charge >= 0.3 is 0 Å². The summed E-state index contributed by atoms with van der Waals surface area (Å²) in [5, 5.41) is 3.53. The van der Waals surface area contributed by atoms with Gasteiger partial charge in [0.25, 0.3) is 0 Å². The number of hydrogen-bond donors (Lipinski definition) is 1. The molecule has 0 bridgehead atoms. The van der Waals surface area contributed by atoms with Crippen LogP contribution in [0.4, 0.5) is 0 Å². The van der Waals surface area contributed by atoms with Crippen molar-refractivity contribution in [2.45, 2.75) is 32.7 Å². The van der Waals surface area contributed by atoms with E-state index in [1.807, 2.05) is 6.92 Å². The molecule has 16 heavy (non-hydrogen) atoms. The van der Waals surface area contributed by atoms with Gasteiger partial charge in [0, 0.05) is 15.8 Å². The predicted molar refractivity (Wildman–Crippen MR) is 78.8 cm³/mol. The summed E-state index contributed by atoms with van der Waals surface area (Å²) in [4.78, 5) is 1.33. The average Bonchev–Trinajstić information content (AvgIpc) is 2.59. The Hall–Kier alpha value is 0.180. The van der Waals surface area contributed by atoms with Gasteiger partial charge in [-0.2, -0.15) is 0 Å². The average molecular weight is 365 g/mol. The number of hydrogen-bond acceptors (Lipinski definition) is 2. The van der Waals surface area contributed by atoms with E-state index in [0.29, 0.717) is 6.04 Å². The minimum atomic E-state index is 0.347. The highest BCUT2D eigenvalue weighted by Gasteiger charge is 2.14. The van der Waals surface area contributed by atoms with Gasteiger partial charge in [0.2, 0.25) is 0 Å². The summed E-state index contributed by atoms with van der Waals surface area (Å²) >= 11 is 8.81. The summed E-state index contributed by atoms with van der Waals surface area (Å²) < 4.78 is 2.27. The first kappa shape index (κ1) is 14.2. The number of halogens is 2. The van der Waals surface area contributed by atoms with E-state index in [0.717, 1.165) is 27.6 Å². The Labute approximate surface area is 118 Å². The van der Waals surface area contributed by atoms with Crippen LogP contribution in [0.1, 0.15) is 37.6 Å². The fourth-order valence-corrected chi connectivity index (χ4v) is 3.50. The highest BCUT2D eigenvalue weighted by molar-refractivity contribution is 9.13. The van der Waals surface area contributed by atoms with Crippen molar-refractivity contribution in [1.29, 1.82) is 0 Å². The van der Waals surface area contributed by atoms with Crippen LogP contribution in [-0.4, -0.2) is 6.54 Å². The molecule has 1 nitrogen and oxygen atoms in total. The van der Waals surface area contributed by atoms with Gasteiger partial charge in [-0.25, -0.2) is 0 Å². The Balaban J connectivity index is 2.76. The molecule has 0 fully saturated rings. The van der Waals surface area contributed by atoms with Crippen LogP contribution < -0.4 is 5.32 Å². The van der Waals surface area contributed by atoms with Gasteiger partial charge in [0.05, 0.1) is 9.83 Å². The highest BCUT2D eigenvalue weighted by Crippen LogP contribution is 2.36. The summed E-state index contributed by atoms with van der Waals surface area (Å²) in [6.07, 6.45) is 2.01. The van der Waals surface area contributed by atoms with Gasteiger partial charge in [0.15, 0.2) is 0 Å². The smallest absolute Gasteiger partial charge is 0.0843 e. The van der Waals surface area contributed by atoms with E-state index in [9.17, 15) is 0 Å². The predicted octanol–water partition coefficient (Wildman–Crippen LogP) is 4.73. The van der Waals surface area contributed by atoms with E-state index in [2.05, 4.69) is 62.0 Å². The molecule has 0 saturated carbocycles. The van der Waals surface area contributed by atoms with Crippen molar-refractivity contribution in [2.24, 2.45) is 0 Å². The maximum atomic E-state index is 3.53. The zero-order chi connectivity index (χ0) is 12.0. The number of rotatable bonds is 5. The molecule has 0 aliphatic heterocycles. The summed E-state index contributed by atoms with van der Waals surface area (Å²) in [6.45, 7) is 5.09. The van der Waals surface area contributed by atoms with Gasteiger partial charge in [-0.15, -0.1) is 23.2 Å². The molecule has 1 aromatic heterocycles. The van der Waals surface area contributed by atoms with Crippen LogP contribution in [0.2, 0.25) is 0 Å². The van der Waals surface area contributed by atoms with E-state index in [1.54, 1.807) is 11.3 Å². The molecule has 0 aliphatic rings. The molecule has 0 aromatic carbocycles. The molecular weight excluding hydrogens is 350 g/mol. The standard InChI is InChI=1S/C12H15Br2NS/c1-3-5-6-10(15-7-4-2)11-8-9(13)12(14)16-11/h8,10,15H,4,6-7H2,1-2H3. The third-order valence-corrected chi connectivity index (χ3v) is 5.50. The summed E-state index contributed by atoms with van der Waals surface area (Å²) in [5.74, 6) is 6.10. The summed E-state index contributed by atoms with van der Waals surface area (Å²) in [6, 6.07) is 2.51. The first-order chi connectivity index (χ1) is 7.69. The van der Waals surface area contributed by atoms with Gasteiger partial charge in [-0.3, -0.25) is 0 Å². The van der Waals surface area contributed by atoms with Crippen LogP contribution in [-0.2, 0) is 0 Å². The van der Waals surface area contributed by atoms with Crippen LogP contribution in [0.5, 0.6) is 0 Å². The van der Waals surface area contributed by atoms with Crippen LogP contribution in [0.25, 0.3) is 0 Å². The van der Waals surface area contributed by atoms with E-state index in [-0.39, 0.29) is 0 Å². The molecule has 1 heterocycles. The molecule has 1 aromatic rings. The SMILES string of the molecule is CC#CCC(NCCC)c1cc(Br)c(Br)s1. The largest absolute Gasteiger partial charge is 0.308 e. The lowest BCUT2D eigenvalue weighted by molar-refractivity contribution is 0.550. The fourth-order valence-electron chi connectivity index (χ4n) is 1.33. The molecule has 1 rings (SSSR count). The fraction of sp³-hybridized carbons (Fsp3) is 0.500. The first-order valence-corrected chi connectivity index (χ1v) is 7.67. The minimum Gasteiger partial charge on any atom is -0.308 e. The molecule has 1 N–H and O–H groups in total. The van der Waals surface area contributed by atoms with Gasteiger partial charge in [0.1, 0.15) is 0 Å². The monoisotopic (exact) mass is 363 g/mol. The number of thiophene rings is 1. The zero-order valence-corrected chi connectivity index (χ0v) is 13.4. The minimum absolute atomic E-state index is 0.347. The summed E-state index contributed by atoms with van der Waals surface area (Å²) in [5.41, 5.74) is 0. The molecule has 1 atom stereocenters. The zero-order valence-electron chi connectivity index (χ0n) is 9.44. The van der Waals surface area contributed by atoms with Gasteiger partial charge < -0.3 is 5.32 Å². The second-order valence-electron chi connectivity index (χ2n) is 3.41. The first-order valence-electron chi connectivity index (χ1n) is 5.26. The molecule has 0 spiro atoms. The van der Waals surface area contributed by atoms with E-state index >= 15 is 0 Å². The van der Waals surface area contributed by atoms with Crippen molar-refractivity contribution < 1.29 is 0 Å². The quantitative estimate of drug-likeness (QED) is 0.745. The van der Waals surface area contributed by atoms with Crippen molar-refractivity contribution in [3.8, 4) is 11.8 Å². The molecule has 0 amide bonds. The molecule has 0 saturated heterocycles. The van der Waals surface area contributed by atoms with Crippen molar-refractivity contribution in [1.82, 2.24) is 5.32 Å². The second-order valence-corrected chi connectivity index (χ2v) is 6.66. The topological polar surface area (TPSA) is 12.0 Å². The third-order valence-electron chi connectivity index (χ3n) is 2.13. The molecule has 0 radical (unpaired) electrons. The lowest BCUT2D eigenvalue weighted by atomic mass is 10.1. The lowest BCUT2D eigenvalue weighted by Gasteiger charge is -2.13. The number of nitrogens with one attached hydrogen (secondary N) is 1. The van der Waals surface area contributed by atoms with E-state index in [4.69, 9.17) is 0 Å². The lowest BCUT2D eigenvalue weighted by Crippen LogP contribution is -2.20. The van der Waals surface area contributed by atoms with Crippen LogP contribution in [0, 0.1) is 11.8 Å². The molecule has 4 heteroatoms. The Morgan fingerprint density at radius 1 is 1.50 bits per heavy atom. The normalized spacial score (nSPS) is 12.0. The van der Waals surface area contributed by atoms with Gasteiger partial charge in [-0.05, 0) is 57.8 Å². The summed E-state index contributed by atoms with van der Waals surface area (Å²) in [7, 11) is 0. The maximum absolute atomic E-state index is 3.53. The molecular formula is C12H15Br2NS. The Morgan fingerprint density at radius 2 is 2.25 bits per heavy atom. The van der Waals surface area contributed by atoms with Crippen LogP contribution in [0.3, 0.4) is 0 Å². The maximum Gasteiger partial charge on any atom is 0.0843 e. The van der Waals surface area contributed by atoms with Gasteiger partial charge in [-0.1, -0.05) is 6.92 Å². The van der Waals surface area contributed by atoms with E-state index < -0.39 is 0 Å². The van der Waals surface area contributed by atoms with Crippen molar-refractivity contribution in [3.05, 3.63) is 19.2 Å². The Morgan fingerprint density at radius 3 is 2.75 bits per heavy atom. The van der Waals surface area contributed by atoms with Crippen LogP contribution in [0.15, 0.2) is 14.3 Å². The third kappa shape index (κ3) is 4.21. The second kappa shape index (κ2) is 7.50. The Kier molecular flexibility index (Phi) is 6.67. The van der Waals surface area contributed by atoms with Crippen molar-refractivity contribution in [3.63, 3.8) is 0 Å².